The van der Waals surface area contributed by atoms with Crippen LogP contribution in [0.3, 0.4) is 0 Å². The molecule has 0 saturated carbocycles. The molecule has 0 atom stereocenters. The van der Waals surface area contributed by atoms with Gasteiger partial charge in [-0.2, -0.15) is 5.10 Å². The molecule has 1 amide bonds. The van der Waals surface area contributed by atoms with Gasteiger partial charge in [0.25, 0.3) is 5.91 Å². The summed E-state index contributed by atoms with van der Waals surface area (Å²) in [6, 6.07) is 7.67. The van der Waals surface area contributed by atoms with Crippen LogP contribution in [0.15, 0.2) is 30.5 Å². The lowest BCUT2D eigenvalue weighted by molar-refractivity contribution is 0.102. The first-order valence-electron chi connectivity index (χ1n) is 6.31. The van der Waals surface area contributed by atoms with Crippen molar-refractivity contribution < 1.29 is 9.53 Å². The number of fused-ring (bicyclic) bond motifs is 1. The fourth-order valence-corrected chi connectivity index (χ4v) is 2.13. The van der Waals surface area contributed by atoms with Crippen LogP contribution < -0.4 is 10.1 Å². The number of ether oxygens (including phenoxy) is 1. The lowest BCUT2D eigenvalue weighted by Crippen LogP contribution is -2.18. The molecule has 5 nitrogen and oxygen atoms in total. The minimum atomic E-state index is -0.183. The summed E-state index contributed by atoms with van der Waals surface area (Å²) in [5.41, 5.74) is 2.32. The highest BCUT2D eigenvalue weighted by molar-refractivity contribution is 6.06. The summed E-state index contributed by atoms with van der Waals surface area (Å²) < 4.78 is 7.26. The Bertz CT molecular complexity index is 619. The van der Waals surface area contributed by atoms with E-state index >= 15 is 0 Å². The fourth-order valence-electron chi connectivity index (χ4n) is 2.13. The standard InChI is InChI=1S/C14H15N3O2/c1-10-5-2-3-6-12(10)16-13(18)11-9-15-17-7-4-8-19-14(11)17/h2-3,5-6,9H,4,7-8H2,1H3,(H,16,18). The zero-order valence-electron chi connectivity index (χ0n) is 10.7. The Kier molecular flexibility index (Phi) is 2.95. The van der Waals surface area contributed by atoms with Crippen molar-refractivity contribution in [2.24, 2.45) is 0 Å². The number of rotatable bonds is 2. The summed E-state index contributed by atoms with van der Waals surface area (Å²) in [5.74, 6) is 0.384. The number of aromatic nitrogens is 2. The highest BCUT2D eigenvalue weighted by Gasteiger charge is 2.21. The van der Waals surface area contributed by atoms with Crippen LogP contribution in [0.1, 0.15) is 22.3 Å². The second kappa shape index (κ2) is 4.76. The molecule has 5 heteroatoms. The van der Waals surface area contributed by atoms with E-state index < -0.39 is 0 Å². The molecule has 1 aliphatic rings. The molecule has 1 aliphatic heterocycles. The van der Waals surface area contributed by atoms with Gasteiger partial charge in [0.2, 0.25) is 5.88 Å². The third-order valence-corrected chi connectivity index (χ3v) is 3.18. The van der Waals surface area contributed by atoms with E-state index in [1.807, 2.05) is 31.2 Å². The summed E-state index contributed by atoms with van der Waals surface area (Å²) in [6.07, 6.45) is 2.49. The average Bonchev–Trinajstić information content (AvgIpc) is 2.85. The first-order valence-corrected chi connectivity index (χ1v) is 6.31. The molecule has 2 heterocycles. The highest BCUT2D eigenvalue weighted by atomic mass is 16.5. The molecule has 1 aromatic heterocycles. The molecule has 0 saturated heterocycles. The molecule has 0 radical (unpaired) electrons. The number of para-hydroxylation sites is 1. The van der Waals surface area contributed by atoms with Gasteiger partial charge in [0.15, 0.2) is 0 Å². The number of anilines is 1. The van der Waals surface area contributed by atoms with E-state index in [-0.39, 0.29) is 5.91 Å². The van der Waals surface area contributed by atoms with Crippen LogP contribution in [-0.2, 0) is 6.54 Å². The summed E-state index contributed by atoms with van der Waals surface area (Å²) in [6.45, 7) is 3.39. The SMILES string of the molecule is Cc1ccccc1NC(=O)c1cnn2c1OCCC2. The highest BCUT2D eigenvalue weighted by Crippen LogP contribution is 2.24. The normalized spacial score (nSPS) is 13.5. The van der Waals surface area contributed by atoms with Crippen LogP contribution in [0.25, 0.3) is 0 Å². The van der Waals surface area contributed by atoms with E-state index in [1.165, 1.54) is 0 Å². The monoisotopic (exact) mass is 257 g/mol. The van der Waals surface area contributed by atoms with Crippen molar-refractivity contribution in [3.8, 4) is 5.88 Å². The second-order valence-electron chi connectivity index (χ2n) is 4.56. The quantitative estimate of drug-likeness (QED) is 0.897. The van der Waals surface area contributed by atoms with Crippen LogP contribution in [0.2, 0.25) is 0 Å². The number of nitrogens with one attached hydrogen (secondary N) is 1. The van der Waals surface area contributed by atoms with Crippen molar-refractivity contribution in [1.82, 2.24) is 9.78 Å². The maximum Gasteiger partial charge on any atom is 0.262 e. The molecule has 3 rings (SSSR count). The molecule has 0 bridgehead atoms. The smallest absolute Gasteiger partial charge is 0.262 e. The van der Waals surface area contributed by atoms with Crippen molar-refractivity contribution in [3.63, 3.8) is 0 Å². The number of amides is 1. The summed E-state index contributed by atoms with van der Waals surface area (Å²) in [4.78, 5) is 12.3. The van der Waals surface area contributed by atoms with Crippen LogP contribution in [0.5, 0.6) is 5.88 Å². The summed E-state index contributed by atoms with van der Waals surface area (Å²) in [7, 11) is 0. The first kappa shape index (κ1) is 11.8. The minimum Gasteiger partial charge on any atom is -0.477 e. The second-order valence-corrected chi connectivity index (χ2v) is 4.56. The first-order chi connectivity index (χ1) is 9.25. The third-order valence-electron chi connectivity index (χ3n) is 3.18. The van der Waals surface area contributed by atoms with Gasteiger partial charge in [0.05, 0.1) is 12.8 Å². The third kappa shape index (κ3) is 2.19. The van der Waals surface area contributed by atoms with Gasteiger partial charge >= 0.3 is 0 Å². The number of aryl methyl sites for hydroxylation is 2. The molecule has 1 aromatic carbocycles. The predicted molar refractivity (Wildman–Crippen MR) is 71.5 cm³/mol. The lowest BCUT2D eigenvalue weighted by Gasteiger charge is -2.16. The van der Waals surface area contributed by atoms with E-state index in [0.717, 1.165) is 24.2 Å². The van der Waals surface area contributed by atoms with E-state index in [2.05, 4.69) is 10.4 Å². The van der Waals surface area contributed by atoms with E-state index in [0.29, 0.717) is 18.1 Å². The lowest BCUT2D eigenvalue weighted by atomic mass is 10.2. The number of benzene rings is 1. The Morgan fingerprint density at radius 3 is 3.11 bits per heavy atom. The summed E-state index contributed by atoms with van der Waals surface area (Å²) in [5, 5.41) is 7.06. The Labute approximate surface area is 111 Å². The van der Waals surface area contributed by atoms with Gasteiger partial charge in [0.1, 0.15) is 5.56 Å². The molecular formula is C14H15N3O2. The average molecular weight is 257 g/mol. The molecule has 19 heavy (non-hydrogen) atoms. The minimum absolute atomic E-state index is 0.183. The zero-order valence-corrected chi connectivity index (χ0v) is 10.7. The molecular weight excluding hydrogens is 242 g/mol. The number of carbonyl (C=O) groups is 1. The van der Waals surface area contributed by atoms with Crippen LogP contribution in [-0.4, -0.2) is 22.3 Å². The number of hydrogen-bond acceptors (Lipinski definition) is 3. The molecule has 1 N–H and O–H groups in total. The van der Waals surface area contributed by atoms with Gasteiger partial charge in [-0.15, -0.1) is 0 Å². The summed E-state index contributed by atoms with van der Waals surface area (Å²) >= 11 is 0. The molecule has 2 aromatic rings. The van der Waals surface area contributed by atoms with Gasteiger partial charge in [-0.25, -0.2) is 4.68 Å². The van der Waals surface area contributed by atoms with Crippen molar-refractivity contribution in [1.29, 1.82) is 0 Å². The van der Waals surface area contributed by atoms with Crippen LogP contribution in [0.4, 0.5) is 5.69 Å². The Morgan fingerprint density at radius 2 is 2.26 bits per heavy atom. The maximum atomic E-state index is 12.3. The van der Waals surface area contributed by atoms with Gasteiger partial charge in [-0.05, 0) is 18.6 Å². The van der Waals surface area contributed by atoms with Crippen molar-refractivity contribution in [2.45, 2.75) is 19.9 Å². The molecule has 0 unspecified atom stereocenters. The maximum absolute atomic E-state index is 12.3. The molecule has 0 spiro atoms. The number of hydrogen-bond donors (Lipinski definition) is 1. The molecule has 0 fully saturated rings. The van der Waals surface area contributed by atoms with Gasteiger partial charge in [-0.1, -0.05) is 18.2 Å². The number of nitrogens with zero attached hydrogens (tertiary/aromatic N) is 2. The van der Waals surface area contributed by atoms with Gasteiger partial charge in [0, 0.05) is 18.7 Å². The van der Waals surface area contributed by atoms with Crippen LogP contribution >= 0.6 is 0 Å². The Balaban J connectivity index is 1.85. The van der Waals surface area contributed by atoms with Gasteiger partial charge < -0.3 is 10.1 Å². The zero-order chi connectivity index (χ0) is 13.2. The predicted octanol–water partition coefficient (Wildman–Crippen LogP) is 2.23. The topological polar surface area (TPSA) is 56.2 Å². The van der Waals surface area contributed by atoms with Crippen molar-refractivity contribution in [3.05, 3.63) is 41.6 Å². The van der Waals surface area contributed by atoms with Gasteiger partial charge in [-0.3, -0.25) is 4.79 Å². The van der Waals surface area contributed by atoms with E-state index in [1.54, 1.807) is 10.9 Å². The largest absolute Gasteiger partial charge is 0.477 e. The fraction of sp³-hybridized carbons (Fsp3) is 0.286. The van der Waals surface area contributed by atoms with Crippen LogP contribution in [0, 0.1) is 6.92 Å². The molecule has 98 valence electrons. The Morgan fingerprint density at radius 1 is 1.42 bits per heavy atom. The number of carbonyl (C=O) groups excluding carboxylic acids is 1. The van der Waals surface area contributed by atoms with E-state index in [4.69, 9.17) is 4.74 Å². The molecule has 0 aliphatic carbocycles. The van der Waals surface area contributed by atoms with E-state index in [9.17, 15) is 4.79 Å². The Hall–Kier alpha value is -2.30. The van der Waals surface area contributed by atoms with Crippen molar-refractivity contribution >= 4 is 11.6 Å². The van der Waals surface area contributed by atoms with Crippen molar-refractivity contribution in [2.75, 3.05) is 11.9 Å².